The van der Waals surface area contributed by atoms with E-state index in [1.807, 2.05) is 0 Å². The van der Waals surface area contributed by atoms with E-state index in [0.717, 1.165) is 12.8 Å². The third-order valence-corrected chi connectivity index (χ3v) is 2.58. The Labute approximate surface area is 81.1 Å². The molecule has 0 aromatic heterocycles. The summed E-state index contributed by atoms with van der Waals surface area (Å²) in [7, 11) is 0. The lowest BCUT2D eigenvalue weighted by Gasteiger charge is -2.18. The summed E-state index contributed by atoms with van der Waals surface area (Å²) in [6.45, 7) is 0.565. The van der Waals surface area contributed by atoms with Crippen molar-refractivity contribution in [1.29, 1.82) is 0 Å². The number of nitrogens with two attached hydrogens (primary N) is 1. The first-order valence-electron chi connectivity index (χ1n) is 4.16. The van der Waals surface area contributed by atoms with Crippen LogP contribution in [-0.2, 0) is 4.79 Å². The van der Waals surface area contributed by atoms with E-state index in [4.69, 9.17) is 5.73 Å². The van der Waals surface area contributed by atoms with E-state index in [9.17, 15) is 9.59 Å². The highest BCUT2D eigenvalue weighted by atomic mass is 32.2. The minimum atomic E-state index is -0.498. The molecule has 1 aliphatic heterocycles. The number of nitrogens with one attached hydrogen (secondary N) is 1. The topological polar surface area (TPSA) is 75.4 Å². The number of hydrogen-bond donors (Lipinski definition) is 2. The average molecular weight is 203 g/mol. The highest BCUT2D eigenvalue weighted by Crippen LogP contribution is 2.07. The van der Waals surface area contributed by atoms with E-state index in [2.05, 4.69) is 4.83 Å². The normalized spacial score (nSPS) is 20.3. The van der Waals surface area contributed by atoms with Crippen LogP contribution in [0, 0.1) is 0 Å². The van der Waals surface area contributed by atoms with Crippen molar-refractivity contribution >= 4 is 23.8 Å². The van der Waals surface area contributed by atoms with Crippen molar-refractivity contribution in [2.75, 3.05) is 12.3 Å². The van der Waals surface area contributed by atoms with E-state index in [1.165, 1.54) is 17.0 Å². The molecule has 2 amide bonds. The molecule has 13 heavy (non-hydrogen) atoms. The molecule has 1 aliphatic rings. The van der Waals surface area contributed by atoms with E-state index >= 15 is 0 Å². The number of Topliss-reactive ketones (excluding diaryl/α,β-unsaturated/α-hetero) is 1. The van der Waals surface area contributed by atoms with Crippen molar-refractivity contribution in [3.8, 4) is 0 Å². The number of nitrogens with zero attached hydrogens (tertiary/aromatic N) is 1. The Morgan fingerprint density at radius 2 is 2.31 bits per heavy atom. The molecule has 74 valence electrons. The number of primary amides is 1. The first-order valence-corrected chi connectivity index (χ1v) is 5.15. The highest BCUT2D eigenvalue weighted by molar-refractivity contribution is 7.98. The van der Waals surface area contributed by atoms with Crippen LogP contribution in [0.2, 0.25) is 0 Å². The Hall–Kier alpha value is -0.750. The van der Waals surface area contributed by atoms with E-state index in [0.29, 0.717) is 18.7 Å². The fourth-order valence-electron chi connectivity index (χ4n) is 1.06. The molecule has 0 atom stereocenters. The zero-order valence-corrected chi connectivity index (χ0v) is 8.10. The number of urea groups is 1. The number of ketones is 1. The molecule has 0 aromatic carbocycles. The minimum Gasteiger partial charge on any atom is -0.350 e. The molecule has 0 bridgehead atoms. The Morgan fingerprint density at radius 3 is 3.00 bits per heavy atom. The molecule has 0 unspecified atom stereocenters. The third kappa shape index (κ3) is 3.65. The van der Waals surface area contributed by atoms with Crippen LogP contribution >= 0.6 is 11.9 Å². The highest BCUT2D eigenvalue weighted by Gasteiger charge is 2.12. The molecule has 5 nitrogen and oxygen atoms in total. The summed E-state index contributed by atoms with van der Waals surface area (Å²) in [6, 6.07) is -0.498. The fourth-order valence-corrected chi connectivity index (χ4v) is 1.76. The van der Waals surface area contributed by atoms with Gasteiger partial charge in [0, 0.05) is 13.0 Å². The van der Waals surface area contributed by atoms with Gasteiger partial charge in [-0.05, 0) is 12.8 Å². The number of rotatable bonds is 0. The van der Waals surface area contributed by atoms with Crippen LogP contribution in [-0.4, -0.2) is 29.1 Å². The largest absolute Gasteiger partial charge is 0.350 e. The summed E-state index contributed by atoms with van der Waals surface area (Å²) in [4.78, 5) is 24.6. The maximum Gasteiger partial charge on any atom is 0.329 e. The molecule has 0 radical (unpaired) electrons. The monoisotopic (exact) mass is 203 g/mol. The third-order valence-electron chi connectivity index (χ3n) is 1.76. The van der Waals surface area contributed by atoms with Gasteiger partial charge in [-0.15, -0.1) is 0 Å². The minimum absolute atomic E-state index is 0.212. The lowest BCUT2D eigenvalue weighted by atomic mass is 10.2. The first-order chi connectivity index (χ1) is 6.20. The van der Waals surface area contributed by atoms with E-state index in [1.54, 1.807) is 0 Å². The van der Waals surface area contributed by atoms with Gasteiger partial charge in [-0.2, -0.15) is 4.83 Å². The number of carbonyl (C=O) groups is 2. The van der Waals surface area contributed by atoms with Gasteiger partial charge < -0.3 is 5.73 Å². The van der Waals surface area contributed by atoms with Crippen molar-refractivity contribution in [3.63, 3.8) is 0 Å². The van der Waals surface area contributed by atoms with Crippen LogP contribution in [0.1, 0.15) is 19.3 Å². The van der Waals surface area contributed by atoms with Crippen LogP contribution in [0.4, 0.5) is 4.79 Å². The summed E-state index contributed by atoms with van der Waals surface area (Å²) in [5.41, 5.74) is 5.10. The van der Waals surface area contributed by atoms with Crippen LogP contribution in [0.15, 0.2) is 0 Å². The van der Waals surface area contributed by atoms with Gasteiger partial charge in [-0.1, -0.05) is 11.9 Å². The quantitative estimate of drug-likeness (QED) is 0.554. The van der Waals surface area contributed by atoms with Crippen molar-refractivity contribution < 1.29 is 9.59 Å². The summed E-state index contributed by atoms with van der Waals surface area (Å²) in [6.07, 6.45) is 2.23. The van der Waals surface area contributed by atoms with Crippen LogP contribution in [0.5, 0.6) is 0 Å². The van der Waals surface area contributed by atoms with Crippen LogP contribution in [0.25, 0.3) is 0 Å². The molecule has 0 spiro atoms. The lowest BCUT2D eigenvalue weighted by molar-refractivity contribution is -0.116. The smallest absolute Gasteiger partial charge is 0.329 e. The van der Waals surface area contributed by atoms with E-state index in [-0.39, 0.29) is 5.78 Å². The Kier molecular flexibility index (Phi) is 4.04. The molecule has 1 fully saturated rings. The molecule has 0 aromatic rings. The second kappa shape index (κ2) is 5.08. The fraction of sp³-hybridized carbons (Fsp3) is 0.714. The zero-order valence-electron chi connectivity index (χ0n) is 7.28. The van der Waals surface area contributed by atoms with Crippen molar-refractivity contribution in [2.45, 2.75) is 19.3 Å². The standard InChI is InChI=1S/C7H13N3O2S/c8-7(12)10-4-2-1-3-6(11)5-13-9-10/h9H,1-5H2,(H2,8,12). The van der Waals surface area contributed by atoms with Gasteiger partial charge in [0.1, 0.15) is 5.78 Å². The van der Waals surface area contributed by atoms with Crippen LogP contribution < -0.4 is 10.6 Å². The Bertz CT molecular complexity index is 210. The van der Waals surface area contributed by atoms with Crippen LogP contribution in [0.3, 0.4) is 0 Å². The second-order valence-corrected chi connectivity index (χ2v) is 3.63. The SMILES string of the molecule is NC(=O)N1CCCCC(=O)CSN1. The second-order valence-electron chi connectivity index (χ2n) is 2.87. The lowest BCUT2D eigenvalue weighted by Crippen LogP contribution is -2.43. The molecular weight excluding hydrogens is 190 g/mol. The van der Waals surface area contributed by atoms with Crippen molar-refractivity contribution in [1.82, 2.24) is 9.84 Å². The van der Waals surface area contributed by atoms with Crippen molar-refractivity contribution in [3.05, 3.63) is 0 Å². The maximum absolute atomic E-state index is 11.1. The Balaban J connectivity index is 2.43. The predicted molar refractivity (Wildman–Crippen MR) is 50.7 cm³/mol. The molecule has 1 heterocycles. The van der Waals surface area contributed by atoms with E-state index < -0.39 is 6.03 Å². The first kappa shape index (κ1) is 10.3. The summed E-state index contributed by atoms with van der Waals surface area (Å²) in [5.74, 6) is 0.605. The van der Waals surface area contributed by atoms with Gasteiger partial charge in [0.05, 0.1) is 5.75 Å². The molecule has 1 saturated heterocycles. The van der Waals surface area contributed by atoms with Gasteiger partial charge in [-0.3, -0.25) is 9.80 Å². The van der Waals surface area contributed by atoms with Gasteiger partial charge >= 0.3 is 6.03 Å². The molecule has 0 saturated carbocycles. The molecule has 3 N–H and O–H groups in total. The zero-order chi connectivity index (χ0) is 9.68. The van der Waals surface area contributed by atoms with Gasteiger partial charge in [0.25, 0.3) is 0 Å². The predicted octanol–water partition coefficient (Wildman–Crippen LogP) is 0.273. The van der Waals surface area contributed by atoms with Gasteiger partial charge in [0.2, 0.25) is 0 Å². The molecule has 1 rings (SSSR count). The van der Waals surface area contributed by atoms with Gasteiger partial charge in [0.15, 0.2) is 0 Å². The van der Waals surface area contributed by atoms with Gasteiger partial charge in [-0.25, -0.2) is 4.79 Å². The summed E-state index contributed by atoms with van der Waals surface area (Å²) in [5, 5.41) is 1.34. The summed E-state index contributed by atoms with van der Waals surface area (Å²) >= 11 is 1.21. The molecule has 0 aliphatic carbocycles. The number of hydrazine groups is 1. The molecular formula is C7H13N3O2S. The summed E-state index contributed by atoms with van der Waals surface area (Å²) < 4.78 is 0. The number of amides is 2. The average Bonchev–Trinajstić information content (AvgIpc) is 2.16. The molecule has 6 heteroatoms. The number of carbonyl (C=O) groups excluding carboxylic acids is 2. The van der Waals surface area contributed by atoms with Crippen molar-refractivity contribution in [2.24, 2.45) is 5.73 Å². The number of hydrogen-bond acceptors (Lipinski definition) is 4. The maximum atomic E-state index is 11.1. The Morgan fingerprint density at radius 1 is 1.54 bits per heavy atom.